The largest absolute Gasteiger partial charge is 0.464 e. The van der Waals surface area contributed by atoms with Crippen LogP contribution in [-0.2, 0) is 81.0 Å². The highest BCUT2D eigenvalue weighted by molar-refractivity contribution is 9.10. The Labute approximate surface area is 418 Å². The quantitative estimate of drug-likeness (QED) is 0.0242. The number of nitrogens with zero attached hydrogens (tertiary/aromatic N) is 1. The molecule has 3 heterocycles. The summed E-state index contributed by atoms with van der Waals surface area (Å²) in [6.07, 6.45) is 0.775. The number of amides is 2. The van der Waals surface area contributed by atoms with E-state index in [1.807, 2.05) is 0 Å². The summed E-state index contributed by atoms with van der Waals surface area (Å²) >= 11 is 12.9. The maximum Gasteiger partial charge on any atom is 0.322 e. The minimum absolute atomic E-state index is 0.0369. The Balaban J connectivity index is 1.80. The van der Waals surface area contributed by atoms with Gasteiger partial charge in [0.25, 0.3) is 0 Å². The molecular weight excluding hydrogens is 1140 g/mol. The number of aliphatic hydroxyl groups excluding tert-OH is 1. The second kappa shape index (κ2) is 22.5. The third-order valence-corrected chi connectivity index (χ3v) is 11.9. The first-order chi connectivity index (χ1) is 30.1. The van der Waals surface area contributed by atoms with Gasteiger partial charge in [0.15, 0.2) is 6.29 Å². The predicted octanol–water partition coefficient (Wildman–Crippen LogP) is 4.25. The molecule has 66 heavy (non-hydrogen) atoms. The molecule has 2 amide bonds. The molecule has 4 unspecified atom stereocenters. The number of hydrogen-bond acceptors (Lipinski definition) is 18. The van der Waals surface area contributed by atoms with Gasteiger partial charge in [0.1, 0.15) is 67.8 Å². The molecule has 2 fully saturated rings. The van der Waals surface area contributed by atoms with Gasteiger partial charge in [-0.1, -0.05) is 75.9 Å². The second-order valence-electron chi connectivity index (χ2n) is 19.3. The summed E-state index contributed by atoms with van der Waals surface area (Å²) in [6.45, 7) is 11.9. The fraction of sp³-hybridized carbons (Fsp3) is 0.767. The van der Waals surface area contributed by atoms with E-state index in [1.165, 1.54) is 76.2 Å². The van der Waals surface area contributed by atoms with Crippen LogP contribution in [0.3, 0.4) is 0 Å². The Bertz CT molecular complexity index is 1770. The molecule has 6 atom stereocenters. The number of halogens is 4. The van der Waals surface area contributed by atoms with Crippen molar-refractivity contribution in [2.45, 2.75) is 112 Å². The third-order valence-electron chi connectivity index (χ3n) is 10.6. The van der Waals surface area contributed by atoms with Crippen LogP contribution in [0.1, 0.15) is 76.2 Å². The summed E-state index contributed by atoms with van der Waals surface area (Å²) in [4.78, 5) is 106. The Morgan fingerprint density at radius 1 is 0.545 bits per heavy atom. The normalized spacial score (nSPS) is 21.2. The highest BCUT2D eigenvalue weighted by atomic mass is 79.9. The number of fused-ring (bicyclic) bond motifs is 5. The molecule has 2 saturated heterocycles. The molecule has 374 valence electrons. The molecule has 0 saturated carbocycles. The first-order valence-electron chi connectivity index (χ1n) is 20.9. The van der Waals surface area contributed by atoms with Crippen LogP contribution in [0.15, 0.2) is 12.2 Å². The van der Waals surface area contributed by atoms with Gasteiger partial charge < -0.3 is 47.7 Å². The van der Waals surface area contributed by atoms with Crippen molar-refractivity contribution >= 4 is 111 Å². The number of aliphatic hydroxyl groups is 1. The lowest BCUT2D eigenvalue weighted by atomic mass is 9.85. The van der Waals surface area contributed by atoms with Crippen molar-refractivity contribution in [1.29, 1.82) is 0 Å². The highest BCUT2D eigenvalue weighted by Gasteiger charge is 2.60. The first-order valence-corrected chi connectivity index (χ1v) is 24.1. The summed E-state index contributed by atoms with van der Waals surface area (Å²) in [7, 11) is 0. The van der Waals surface area contributed by atoms with Crippen molar-refractivity contribution in [3.05, 3.63) is 12.2 Å². The van der Waals surface area contributed by atoms with Gasteiger partial charge in [0.2, 0.25) is 11.8 Å². The first kappa shape index (κ1) is 57.8. The van der Waals surface area contributed by atoms with Gasteiger partial charge in [-0.15, -0.1) is 0 Å². The minimum atomic E-state index is -1.92. The summed E-state index contributed by atoms with van der Waals surface area (Å²) in [6, 6.07) is 0. The summed E-state index contributed by atoms with van der Waals surface area (Å²) in [5, 5.41) is 11.5. The zero-order valence-electron chi connectivity index (χ0n) is 39.0. The van der Waals surface area contributed by atoms with Gasteiger partial charge in [-0.05, 0) is 76.2 Å². The van der Waals surface area contributed by atoms with Gasteiger partial charge in [-0.2, -0.15) is 0 Å². The van der Waals surface area contributed by atoms with E-state index in [0.717, 1.165) is 4.90 Å². The van der Waals surface area contributed by atoms with Crippen molar-refractivity contribution in [3.8, 4) is 0 Å². The number of ether oxygens (including phenoxy) is 9. The van der Waals surface area contributed by atoms with Crippen LogP contribution in [0.4, 0.5) is 0 Å². The standard InChI is InChI=1S/C43H61Br4NO18/c1-37(2,44)30(51)60-18-42(10,19-61-31(52)38(3,4)45)35(56)64-22-41(9,23-65-36(57)43(11,20-62-32(53)39(5,6)46)21-63-33(54)40(7,8)47)34(55)59-17-16-58-15-14-48-28(49)26-24-12-13-25(66-24)27(26)29(48)50/h12-13,24-27,35,56H,14-23H2,1-11H3/t24?,25?,26-,27+,35?,41?. The lowest BCUT2D eigenvalue weighted by Gasteiger charge is -2.36. The summed E-state index contributed by atoms with van der Waals surface area (Å²) in [5.74, 6) is -6.82. The van der Waals surface area contributed by atoms with Gasteiger partial charge in [-0.25, -0.2) is 0 Å². The van der Waals surface area contributed by atoms with Gasteiger partial charge in [0.05, 0.1) is 55.8 Å². The molecule has 2 bridgehead atoms. The fourth-order valence-corrected chi connectivity index (χ4v) is 6.63. The van der Waals surface area contributed by atoms with E-state index in [9.17, 15) is 43.5 Å². The number of imide groups is 1. The van der Waals surface area contributed by atoms with Crippen LogP contribution < -0.4 is 0 Å². The van der Waals surface area contributed by atoms with Crippen LogP contribution >= 0.6 is 63.7 Å². The van der Waals surface area contributed by atoms with Crippen molar-refractivity contribution < 1.29 is 86.1 Å². The number of rotatable bonds is 26. The summed E-state index contributed by atoms with van der Waals surface area (Å²) < 4.78 is 45.5. The number of carbonyl (C=O) groups is 8. The maximum atomic E-state index is 14.0. The Morgan fingerprint density at radius 3 is 1.29 bits per heavy atom. The van der Waals surface area contributed by atoms with E-state index in [1.54, 1.807) is 12.2 Å². The van der Waals surface area contributed by atoms with Crippen molar-refractivity contribution in [2.24, 2.45) is 28.1 Å². The van der Waals surface area contributed by atoms with Crippen LogP contribution in [0.2, 0.25) is 0 Å². The molecule has 0 radical (unpaired) electrons. The molecule has 0 aromatic rings. The lowest BCUT2D eigenvalue weighted by molar-refractivity contribution is -0.222. The molecule has 3 rings (SSSR count). The average Bonchev–Trinajstić information content (AvgIpc) is 3.91. The van der Waals surface area contributed by atoms with Crippen molar-refractivity contribution in [3.63, 3.8) is 0 Å². The smallest absolute Gasteiger partial charge is 0.322 e. The molecule has 19 nitrogen and oxygen atoms in total. The second-order valence-corrected chi connectivity index (χ2v) is 27.2. The average molecular weight is 1200 g/mol. The topological polar surface area (TPSA) is 243 Å². The van der Waals surface area contributed by atoms with E-state index < -0.39 is 139 Å². The molecule has 23 heteroatoms. The molecule has 0 aliphatic carbocycles. The van der Waals surface area contributed by atoms with E-state index in [-0.39, 0.29) is 38.2 Å². The number of likely N-dealkylation sites (tertiary alicyclic amines) is 1. The molecule has 3 aliphatic rings. The predicted molar refractivity (Wildman–Crippen MR) is 246 cm³/mol. The Morgan fingerprint density at radius 2 is 0.894 bits per heavy atom. The molecule has 0 aromatic heterocycles. The Hall–Kier alpha value is -2.54. The minimum Gasteiger partial charge on any atom is -0.464 e. The SMILES string of the molecule is CC(C)(Br)C(=O)OCC(C)(COC(=O)C(C)(C)Br)C(=O)OCC(C)(COC(O)C(C)(COC(=O)C(C)(C)Br)COC(=O)C(C)(C)Br)C(=O)OCCOCCN1C(=O)[C@@H]2C3C=CC(O3)[C@@H]2C1=O. The van der Waals surface area contributed by atoms with Crippen LogP contribution in [-0.4, -0.2) is 159 Å². The van der Waals surface area contributed by atoms with Crippen LogP contribution in [0, 0.1) is 28.1 Å². The molecule has 1 N–H and O–H groups in total. The molecule has 0 spiro atoms. The fourth-order valence-electron chi connectivity index (χ4n) is 6.17. The molecule has 0 aromatic carbocycles. The van der Waals surface area contributed by atoms with Gasteiger partial charge in [-0.3, -0.25) is 43.3 Å². The molecular formula is C43H61Br4NO18. The summed E-state index contributed by atoms with van der Waals surface area (Å²) in [5.41, 5.74) is -5.39. The van der Waals surface area contributed by atoms with Crippen molar-refractivity contribution in [2.75, 3.05) is 66.0 Å². The zero-order chi connectivity index (χ0) is 50.4. The van der Waals surface area contributed by atoms with Crippen molar-refractivity contribution in [1.82, 2.24) is 4.90 Å². The van der Waals surface area contributed by atoms with E-state index >= 15 is 0 Å². The van der Waals surface area contributed by atoms with E-state index in [0.29, 0.717) is 0 Å². The molecule has 3 aliphatic heterocycles. The monoisotopic (exact) mass is 1200 g/mol. The number of alkyl halides is 4. The highest BCUT2D eigenvalue weighted by Crippen LogP contribution is 2.45. The third kappa shape index (κ3) is 15.2. The number of esters is 6. The Kier molecular flexibility index (Phi) is 19.7. The van der Waals surface area contributed by atoms with Gasteiger partial charge >= 0.3 is 35.8 Å². The van der Waals surface area contributed by atoms with E-state index in [4.69, 9.17) is 42.6 Å². The maximum absolute atomic E-state index is 14.0. The van der Waals surface area contributed by atoms with Crippen LogP contribution in [0.25, 0.3) is 0 Å². The number of hydrogen-bond donors (Lipinski definition) is 1. The number of carbonyl (C=O) groups excluding carboxylic acids is 8. The lowest BCUT2D eigenvalue weighted by Crippen LogP contribution is -2.49. The van der Waals surface area contributed by atoms with Crippen LogP contribution in [0.5, 0.6) is 0 Å². The zero-order valence-corrected chi connectivity index (χ0v) is 45.3. The van der Waals surface area contributed by atoms with E-state index in [2.05, 4.69) is 63.7 Å². The van der Waals surface area contributed by atoms with Gasteiger partial charge in [0, 0.05) is 0 Å².